The summed E-state index contributed by atoms with van der Waals surface area (Å²) >= 11 is 0. The van der Waals surface area contributed by atoms with Crippen LogP contribution in [0.4, 0.5) is 0 Å². The summed E-state index contributed by atoms with van der Waals surface area (Å²) < 4.78 is 0. The Labute approximate surface area is 98.7 Å². The molecule has 1 aliphatic rings. The third-order valence-electron chi connectivity index (χ3n) is 3.34. The molecule has 0 aromatic rings. The van der Waals surface area contributed by atoms with Crippen molar-refractivity contribution >= 4 is 12.1 Å². The summed E-state index contributed by atoms with van der Waals surface area (Å²) in [5.41, 5.74) is 0. The molecule has 1 rings (SSSR count). The van der Waals surface area contributed by atoms with Crippen LogP contribution in [-0.2, 0) is 0 Å². The smallest absolute Gasteiger partial charge is 0.125 e. The first-order valence-corrected chi connectivity index (χ1v) is 6.41. The largest absolute Gasteiger partial charge is 0.396 e. The molecule has 16 heavy (non-hydrogen) atoms. The highest BCUT2D eigenvalue weighted by Crippen LogP contribution is 2.29. The van der Waals surface area contributed by atoms with Crippen molar-refractivity contribution in [1.29, 1.82) is 0 Å². The molecule has 3 heteroatoms. The van der Waals surface area contributed by atoms with Gasteiger partial charge in [-0.15, -0.1) is 0 Å². The number of rotatable bonds is 4. The number of hydrogen-bond acceptors (Lipinski definition) is 2. The molecule has 0 aromatic heterocycles. The number of nitrogens with zero attached hydrogens (tertiary/aromatic N) is 2. The zero-order valence-corrected chi connectivity index (χ0v) is 10.5. The lowest BCUT2D eigenvalue weighted by Crippen LogP contribution is -2.22. The highest BCUT2D eigenvalue weighted by Gasteiger charge is 2.23. The maximum absolute atomic E-state index is 9.09. The Bertz CT molecular complexity index is 240. The number of aliphatic imine (C=N–C) groups is 2. The highest BCUT2D eigenvalue weighted by molar-refractivity contribution is 5.91. The van der Waals surface area contributed by atoms with Gasteiger partial charge in [-0.1, -0.05) is 13.3 Å². The van der Waals surface area contributed by atoms with Crippen molar-refractivity contribution in [3.63, 3.8) is 0 Å². The van der Waals surface area contributed by atoms with Gasteiger partial charge in [-0.3, -0.25) is 4.99 Å². The van der Waals surface area contributed by atoms with Crippen molar-refractivity contribution < 1.29 is 5.11 Å². The van der Waals surface area contributed by atoms with E-state index < -0.39 is 0 Å². The second-order valence-electron chi connectivity index (χ2n) is 4.58. The van der Waals surface area contributed by atoms with Crippen LogP contribution in [-0.4, -0.2) is 30.8 Å². The van der Waals surface area contributed by atoms with Crippen molar-refractivity contribution in [2.24, 2.45) is 21.8 Å². The van der Waals surface area contributed by atoms with E-state index in [4.69, 9.17) is 5.11 Å². The molecule has 0 aromatic carbocycles. The van der Waals surface area contributed by atoms with Gasteiger partial charge in [0.25, 0.3) is 0 Å². The summed E-state index contributed by atoms with van der Waals surface area (Å²) in [4.78, 5) is 8.76. The lowest BCUT2D eigenvalue weighted by molar-refractivity contribution is 0.180. The van der Waals surface area contributed by atoms with Gasteiger partial charge in [-0.25, -0.2) is 4.99 Å². The topological polar surface area (TPSA) is 45.0 Å². The minimum atomic E-state index is 0.338. The summed E-state index contributed by atoms with van der Waals surface area (Å²) in [5.74, 6) is 2.03. The summed E-state index contributed by atoms with van der Waals surface area (Å²) in [6, 6.07) is 0. The van der Waals surface area contributed by atoms with Gasteiger partial charge >= 0.3 is 0 Å². The van der Waals surface area contributed by atoms with E-state index in [1.807, 2.05) is 13.3 Å². The molecule has 0 radical (unpaired) electrons. The number of aliphatic hydroxyl groups excluding tert-OH is 1. The molecule has 0 aliphatic heterocycles. The number of unbranched alkanes of at least 4 members (excludes halogenated alkanes) is 1. The van der Waals surface area contributed by atoms with Crippen molar-refractivity contribution in [2.45, 2.75) is 45.4 Å². The van der Waals surface area contributed by atoms with E-state index in [-0.39, 0.29) is 0 Å². The van der Waals surface area contributed by atoms with Crippen molar-refractivity contribution in [3.05, 3.63) is 0 Å². The Morgan fingerprint density at radius 1 is 1.31 bits per heavy atom. The molecule has 0 unspecified atom stereocenters. The Kier molecular flexibility index (Phi) is 6.31. The molecular weight excluding hydrogens is 200 g/mol. The van der Waals surface area contributed by atoms with Gasteiger partial charge in [-0.2, -0.15) is 0 Å². The van der Waals surface area contributed by atoms with Crippen LogP contribution in [0.25, 0.3) is 0 Å². The fourth-order valence-corrected chi connectivity index (χ4v) is 2.24. The first-order chi connectivity index (χ1) is 7.81. The Morgan fingerprint density at radius 3 is 2.50 bits per heavy atom. The highest BCUT2D eigenvalue weighted by atomic mass is 16.3. The van der Waals surface area contributed by atoms with Crippen LogP contribution in [0.2, 0.25) is 0 Å². The molecule has 92 valence electrons. The fraction of sp³-hybridized carbons (Fsp3) is 0.846. The third-order valence-corrected chi connectivity index (χ3v) is 3.34. The molecule has 0 spiro atoms. The fourth-order valence-electron chi connectivity index (χ4n) is 2.24. The van der Waals surface area contributed by atoms with Gasteiger partial charge in [0.15, 0.2) is 0 Å². The van der Waals surface area contributed by atoms with Crippen LogP contribution < -0.4 is 0 Å². The van der Waals surface area contributed by atoms with Gasteiger partial charge < -0.3 is 5.11 Å². The van der Waals surface area contributed by atoms with E-state index in [9.17, 15) is 0 Å². The lowest BCUT2D eigenvalue weighted by atomic mass is 9.82. The predicted molar refractivity (Wildman–Crippen MR) is 69.3 cm³/mol. The van der Waals surface area contributed by atoms with Crippen LogP contribution in [0.1, 0.15) is 45.4 Å². The average molecular weight is 224 g/mol. The van der Waals surface area contributed by atoms with Crippen molar-refractivity contribution in [3.8, 4) is 0 Å². The van der Waals surface area contributed by atoms with Crippen molar-refractivity contribution in [2.75, 3.05) is 13.7 Å². The molecule has 1 saturated carbocycles. The van der Waals surface area contributed by atoms with Crippen molar-refractivity contribution in [1.82, 2.24) is 0 Å². The SMILES string of the molecule is CCC/C=N\C(=N/C)C1CCC(CO)CC1. The molecule has 3 nitrogen and oxygen atoms in total. The predicted octanol–water partition coefficient (Wildman–Crippen LogP) is 2.68. The van der Waals surface area contributed by atoms with Crippen LogP contribution in [0.3, 0.4) is 0 Å². The van der Waals surface area contributed by atoms with Gasteiger partial charge in [0.05, 0.1) is 0 Å². The second-order valence-corrected chi connectivity index (χ2v) is 4.58. The molecule has 0 atom stereocenters. The minimum Gasteiger partial charge on any atom is -0.396 e. The normalized spacial score (nSPS) is 27.6. The molecule has 1 fully saturated rings. The number of hydrogen-bond donors (Lipinski definition) is 1. The maximum Gasteiger partial charge on any atom is 0.125 e. The van der Waals surface area contributed by atoms with Gasteiger partial charge in [0, 0.05) is 25.8 Å². The van der Waals surface area contributed by atoms with Crippen LogP contribution in [0.15, 0.2) is 9.98 Å². The zero-order valence-electron chi connectivity index (χ0n) is 10.5. The van der Waals surface area contributed by atoms with E-state index in [0.29, 0.717) is 18.4 Å². The molecule has 0 amide bonds. The summed E-state index contributed by atoms with van der Waals surface area (Å²) in [6.45, 7) is 2.49. The minimum absolute atomic E-state index is 0.338. The summed E-state index contributed by atoms with van der Waals surface area (Å²) in [7, 11) is 1.83. The zero-order chi connectivity index (χ0) is 11.8. The quantitative estimate of drug-likeness (QED) is 0.579. The van der Waals surface area contributed by atoms with Gasteiger partial charge in [-0.05, 0) is 38.0 Å². The molecule has 0 bridgehead atoms. The maximum atomic E-state index is 9.09. The monoisotopic (exact) mass is 224 g/mol. The Balaban J connectivity index is 2.43. The molecule has 0 heterocycles. The van der Waals surface area contributed by atoms with E-state index in [1.165, 1.54) is 0 Å². The molecule has 0 saturated heterocycles. The van der Waals surface area contributed by atoms with Crippen LogP contribution in [0.5, 0.6) is 0 Å². The van der Waals surface area contributed by atoms with Crippen LogP contribution in [0, 0.1) is 11.8 Å². The van der Waals surface area contributed by atoms with Crippen LogP contribution >= 0.6 is 0 Å². The average Bonchev–Trinajstić information content (AvgIpc) is 2.35. The molecule has 1 N–H and O–H groups in total. The Hall–Kier alpha value is -0.700. The first-order valence-electron chi connectivity index (χ1n) is 6.41. The van der Waals surface area contributed by atoms with Gasteiger partial charge in [0.1, 0.15) is 5.84 Å². The standard InChI is InChI=1S/C13H24N2O/c1-3-4-9-15-13(14-2)12-7-5-11(10-16)6-8-12/h9,11-12,16H,3-8,10H2,1-2H3/b14-13-,15-9-. The van der Waals surface area contributed by atoms with E-state index in [1.54, 1.807) is 0 Å². The van der Waals surface area contributed by atoms with Gasteiger partial charge in [0.2, 0.25) is 0 Å². The number of amidine groups is 1. The summed E-state index contributed by atoms with van der Waals surface area (Å²) in [6.07, 6.45) is 8.64. The first kappa shape index (κ1) is 13.4. The molecular formula is C13H24N2O. The second kappa shape index (κ2) is 7.55. The third kappa shape index (κ3) is 4.05. The van der Waals surface area contributed by atoms with E-state index >= 15 is 0 Å². The number of aliphatic hydroxyl groups is 1. The Morgan fingerprint density at radius 2 is 2.00 bits per heavy atom. The molecule has 1 aliphatic carbocycles. The summed E-state index contributed by atoms with van der Waals surface area (Å²) in [5, 5.41) is 9.09. The van der Waals surface area contributed by atoms with E-state index in [0.717, 1.165) is 44.4 Å². The lowest BCUT2D eigenvalue weighted by Gasteiger charge is -2.26. The van der Waals surface area contributed by atoms with E-state index in [2.05, 4.69) is 16.9 Å².